The first-order chi connectivity index (χ1) is 10.6. The number of nitrogens with zero attached hydrogens (tertiary/aromatic N) is 4. The van der Waals surface area contributed by atoms with E-state index in [2.05, 4.69) is 34.7 Å². The zero-order valence-electron chi connectivity index (χ0n) is 13.0. The molecule has 7 heteroatoms. The van der Waals surface area contributed by atoms with Gasteiger partial charge in [0, 0.05) is 16.8 Å². The lowest BCUT2D eigenvalue weighted by molar-refractivity contribution is 0.0780. The van der Waals surface area contributed by atoms with E-state index in [0.717, 1.165) is 25.9 Å². The van der Waals surface area contributed by atoms with Crippen LogP contribution in [-0.4, -0.2) is 45.9 Å². The third-order valence-corrected chi connectivity index (χ3v) is 4.93. The van der Waals surface area contributed by atoms with Crippen LogP contribution in [-0.2, 0) is 6.54 Å². The molecule has 2 aromatic heterocycles. The van der Waals surface area contributed by atoms with E-state index in [0.29, 0.717) is 18.3 Å². The summed E-state index contributed by atoms with van der Waals surface area (Å²) in [5, 5.41) is 11.5. The van der Waals surface area contributed by atoms with Crippen LogP contribution in [0, 0.1) is 6.92 Å². The summed E-state index contributed by atoms with van der Waals surface area (Å²) in [6.45, 7) is 4.66. The van der Waals surface area contributed by atoms with Gasteiger partial charge in [-0.1, -0.05) is 5.21 Å². The number of hydrogen-bond acceptors (Lipinski definition) is 5. The maximum Gasteiger partial charge on any atom is 0.276 e. The van der Waals surface area contributed by atoms with Gasteiger partial charge in [-0.3, -0.25) is 4.79 Å². The summed E-state index contributed by atoms with van der Waals surface area (Å²) in [7, 11) is 1.81. The monoisotopic (exact) mass is 319 g/mol. The molecule has 0 atom stereocenters. The molecule has 3 heterocycles. The van der Waals surface area contributed by atoms with Crippen molar-refractivity contribution in [3.8, 4) is 0 Å². The topological polar surface area (TPSA) is 63.1 Å². The molecule has 1 aliphatic rings. The minimum Gasteiger partial charge on any atom is -0.335 e. The molecule has 1 fully saturated rings. The molecule has 2 aromatic rings. The largest absolute Gasteiger partial charge is 0.335 e. The van der Waals surface area contributed by atoms with Gasteiger partial charge < -0.3 is 10.2 Å². The van der Waals surface area contributed by atoms with Crippen LogP contribution in [0.25, 0.3) is 0 Å². The molecule has 0 saturated carbocycles. The van der Waals surface area contributed by atoms with Crippen molar-refractivity contribution in [1.82, 2.24) is 25.2 Å². The molecular weight excluding hydrogens is 298 g/mol. The summed E-state index contributed by atoms with van der Waals surface area (Å²) >= 11 is 1.71. The average Bonchev–Trinajstić information content (AvgIpc) is 3.17. The molecule has 0 aromatic carbocycles. The summed E-state index contributed by atoms with van der Waals surface area (Å²) in [6, 6.07) is 4.49. The van der Waals surface area contributed by atoms with E-state index in [9.17, 15) is 4.79 Å². The fourth-order valence-electron chi connectivity index (χ4n) is 2.70. The van der Waals surface area contributed by atoms with Gasteiger partial charge in [0.2, 0.25) is 0 Å². The average molecular weight is 319 g/mol. The van der Waals surface area contributed by atoms with E-state index in [1.165, 1.54) is 9.75 Å². The smallest absolute Gasteiger partial charge is 0.276 e. The Morgan fingerprint density at radius 1 is 1.45 bits per heavy atom. The number of amides is 1. The lowest BCUT2D eigenvalue weighted by Crippen LogP contribution is -2.29. The van der Waals surface area contributed by atoms with Crippen molar-refractivity contribution in [2.45, 2.75) is 32.4 Å². The van der Waals surface area contributed by atoms with Gasteiger partial charge in [0.1, 0.15) is 0 Å². The normalized spacial score (nSPS) is 15.9. The molecule has 0 unspecified atom stereocenters. The SMILES string of the molecule is Cc1ccc(CN(C)C(=O)c2cn(C3CCNCC3)nn2)s1. The van der Waals surface area contributed by atoms with Gasteiger partial charge in [-0.2, -0.15) is 0 Å². The molecule has 0 bridgehead atoms. The van der Waals surface area contributed by atoms with Crippen molar-refractivity contribution in [3.05, 3.63) is 33.8 Å². The molecule has 0 radical (unpaired) electrons. The van der Waals surface area contributed by atoms with E-state index in [1.807, 2.05) is 4.68 Å². The number of rotatable bonds is 4. The predicted octanol–water partition coefficient (Wildman–Crippen LogP) is 1.84. The van der Waals surface area contributed by atoms with E-state index < -0.39 is 0 Å². The van der Waals surface area contributed by atoms with Gasteiger partial charge in [-0.15, -0.1) is 16.4 Å². The number of hydrogen-bond donors (Lipinski definition) is 1. The highest BCUT2D eigenvalue weighted by Crippen LogP contribution is 2.19. The van der Waals surface area contributed by atoms with Crippen molar-refractivity contribution in [2.24, 2.45) is 0 Å². The van der Waals surface area contributed by atoms with Crippen molar-refractivity contribution in [1.29, 1.82) is 0 Å². The quantitative estimate of drug-likeness (QED) is 0.934. The Hall–Kier alpha value is -1.73. The summed E-state index contributed by atoms with van der Waals surface area (Å²) in [5.41, 5.74) is 0.425. The second kappa shape index (κ2) is 6.58. The second-order valence-electron chi connectivity index (χ2n) is 5.74. The molecule has 118 valence electrons. The van der Waals surface area contributed by atoms with Crippen LogP contribution < -0.4 is 5.32 Å². The molecule has 1 amide bonds. The maximum absolute atomic E-state index is 12.5. The highest BCUT2D eigenvalue weighted by atomic mass is 32.1. The molecule has 0 aliphatic carbocycles. The lowest BCUT2D eigenvalue weighted by Gasteiger charge is -2.22. The molecule has 1 saturated heterocycles. The van der Waals surface area contributed by atoms with Crippen LogP contribution in [0.15, 0.2) is 18.3 Å². The minimum absolute atomic E-state index is 0.0776. The number of thiophene rings is 1. The molecular formula is C15H21N5OS. The third-order valence-electron chi connectivity index (χ3n) is 3.95. The summed E-state index contributed by atoms with van der Waals surface area (Å²) in [6.07, 6.45) is 3.84. The minimum atomic E-state index is -0.0776. The Morgan fingerprint density at radius 3 is 2.91 bits per heavy atom. The van der Waals surface area contributed by atoms with Gasteiger partial charge in [0.15, 0.2) is 5.69 Å². The van der Waals surface area contributed by atoms with Crippen LogP contribution in [0.1, 0.15) is 39.1 Å². The van der Waals surface area contributed by atoms with Crippen LogP contribution in [0.2, 0.25) is 0 Å². The number of piperidine rings is 1. The Kier molecular flexibility index (Phi) is 4.54. The molecule has 1 aliphatic heterocycles. The molecule has 0 spiro atoms. The summed E-state index contributed by atoms with van der Waals surface area (Å²) < 4.78 is 1.84. The van der Waals surface area contributed by atoms with Crippen LogP contribution in [0.3, 0.4) is 0 Å². The Balaban J connectivity index is 1.65. The van der Waals surface area contributed by atoms with Crippen LogP contribution in [0.4, 0.5) is 0 Å². The summed E-state index contributed by atoms with van der Waals surface area (Å²) in [4.78, 5) is 16.6. The number of aromatic nitrogens is 3. The van der Waals surface area contributed by atoms with Gasteiger partial charge in [-0.05, 0) is 45.0 Å². The van der Waals surface area contributed by atoms with Crippen molar-refractivity contribution < 1.29 is 4.79 Å². The first-order valence-corrected chi connectivity index (χ1v) is 8.38. The Labute approximate surface area is 134 Å². The number of carbonyl (C=O) groups excluding carboxylic acids is 1. The van der Waals surface area contributed by atoms with Crippen LogP contribution >= 0.6 is 11.3 Å². The van der Waals surface area contributed by atoms with E-state index >= 15 is 0 Å². The van der Waals surface area contributed by atoms with Crippen molar-refractivity contribution in [3.63, 3.8) is 0 Å². The van der Waals surface area contributed by atoms with E-state index in [1.54, 1.807) is 29.5 Å². The zero-order valence-corrected chi connectivity index (χ0v) is 13.8. The maximum atomic E-state index is 12.5. The zero-order chi connectivity index (χ0) is 15.5. The fraction of sp³-hybridized carbons (Fsp3) is 0.533. The molecule has 22 heavy (non-hydrogen) atoms. The molecule has 1 N–H and O–H groups in total. The van der Waals surface area contributed by atoms with Crippen molar-refractivity contribution >= 4 is 17.2 Å². The Morgan fingerprint density at radius 2 is 2.23 bits per heavy atom. The van der Waals surface area contributed by atoms with Crippen LogP contribution in [0.5, 0.6) is 0 Å². The Bertz CT molecular complexity index is 644. The number of nitrogens with one attached hydrogen (secondary N) is 1. The number of carbonyl (C=O) groups is 1. The first kappa shape index (κ1) is 15.2. The van der Waals surface area contributed by atoms with Gasteiger partial charge in [0.25, 0.3) is 5.91 Å². The first-order valence-electron chi connectivity index (χ1n) is 7.57. The standard InChI is InChI=1S/C15H21N5OS/c1-11-3-4-13(22-11)9-19(2)15(21)14-10-20(18-17-14)12-5-7-16-8-6-12/h3-4,10,12,16H,5-9H2,1-2H3. The highest BCUT2D eigenvalue weighted by Gasteiger charge is 2.20. The van der Waals surface area contributed by atoms with Gasteiger partial charge >= 0.3 is 0 Å². The van der Waals surface area contributed by atoms with E-state index in [-0.39, 0.29) is 5.91 Å². The third kappa shape index (κ3) is 3.36. The predicted molar refractivity (Wildman–Crippen MR) is 86.0 cm³/mol. The lowest BCUT2D eigenvalue weighted by atomic mass is 10.1. The highest BCUT2D eigenvalue weighted by molar-refractivity contribution is 7.11. The molecule has 3 rings (SSSR count). The second-order valence-corrected chi connectivity index (χ2v) is 7.11. The van der Waals surface area contributed by atoms with Crippen molar-refractivity contribution in [2.75, 3.05) is 20.1 Å². The number of aryl methyl sites for hydroxylation is 1. The van der Waals surface area contributed by atoms with Gasteiger partial charge in [-0.25, -0.2) is 4.68 Å². The molecule has 6 nitrogen and oxygen atoms in total. The van der Waals surface area contributed by atoms with Gasteiger partial charge in [0.05, 0.1) is 18.8 Å². The van der Waals surface area contributed by atoms with E-state index in [4.69, 9.17) is 0 Å². The fourth-order valence-corrected chi connectivity index (χ4v) is 3.64. The summed E-state index contributed by atoms with van der Waals surface area (Å²) in [5.74, 6) is -0.0776.